The van der Waals surface area contributed by atoms with Crippen LogP contribution in [0.1, 0.15) is 28.9 Å². The minimum atomic E-state index is -0.460. The molecule has 0 saturated carbocycles. The predicted molar refractivity (Wildman–Crippen MR) is 91.6 cm³/mol. The summed E-state index contributed by atoms with van der Waals surface area (Å²) in [6.07, 6.45) is 0. The molecular weight excluding hydrogens is 332 g/mol. The van der Waals surface area contributed by atoms with Crippen LogP contribution in [0.5, 0.6) is 5.75 Å². The molecule has 0 unspecified atom stereocenters. The van der Waals surface area contributed by atoms with E-state index < -0.39 is 4.92 Å². The zero-order valence-corrected chi connectivity index (χ0v) is 14.3. The molecule has 1 amide bonds. The van der Waals surface area contributed by atoms with Gasteiger partial charge in [-0.25, -0.2) is 0 Å². The molecule has 126 valence electrons. The molecule has 24 heavy (non-hydrogen) atoms. The Kier molecular flexibility index (Phi) is 5.41. The molecule has 1 atom stereocenters. The van der Waals surface area contributed by atoms with E-state index in [1.165, 1.54) is 24.1 Å². The van der Waals surface area contributed by atoms with E-state index in [2.05, 4.69) is 0 Å². The second kappa shape index (κ2) is 7.31. The lowest BCUT2D eigenvalue weighted by atomic mass is 10.1. The van der Waals surface area contributed by atoms with Crippen molar-refractivity contribution in [2.75, 3.05) is 14.2 Å². The van der Waals surface area contributed by atoms with Crippen LogP contribution in [0.15, 0.2) is 42.5 Å². The van der Waals surface area contributed by atoms with Crippen molar-refractivity contribution >= 4 is 23.2 Å². The van der Waals surface area contributed by atoms with E-state index in [1.54, 1.807) is 44.3 Å². The van der Waals surface area contributed by atoms with Crippen molar-refractivity contribution in [1.82, 2.24) is 4.90 Å². The van der Waals surface area contributed by atoms with Gasteiger partial charge in [-0.05, 0) is 30.7 Å². The molecule has 0 aromatic heterocycles. The van der Waals surface area contributed by atoms with Gasteiger partial charge in [-0.3, -0.25) is 14.9 Å². The van der Waals surface area contributed by atoms with E-state index in [0.717, 1.165) is 0 Å². The minimum Gasteiger partial charge on any atom is -0.496 e. The number of hydrogen-bond donors (Lipinski definition) is 0. The highest BCUT2D eigenvalue weighted by Gasteiger charge is 2.23. The molecule has 0 aliphatic carbocycles. The molecule has 0 spiro atoms. The minimum absolute atomic E-state index is 0.0134. The van der Waals surface area contributed by atoms with Gasteiger partial charge in [-0.2, -0.15) is 0 Å². The second-order valence-electron chi connectivity index (χ2n) is 5.29. The number of hydrogen-bond acceptors (Lipinski definition) is 4. The molecule has 0 aliphatic rings. The van der Waals surface area contributed by atoms with Crippen molar-refractivity contribution in [2.24, 2.45) is 0 Å². The number of ether oxygens (including phenoxy) is 1. The van der Waals surface area contributed by atoms with Crippen LogP contribution >= 0.6 is 11.6 Å². The molecule has 0 N–H and O–H groups in total. The zero-order chi connectivity index (χ0) is 17.9. The Morgan fingerprint density at radius 1 is 1.29 bits per heavy atom. The molecule has 0 fully saturated rings. The summed E-state index contributed by atoms with van der Waals surface area (Å²) < 4.78 is 5.21. The lowest BCUT2D eigenvalue weighted by molar-refractivity contribution is -0.384. The maximum Gasteiger partial charge on any atom is 0.269 e. The molecule has 2 rings (SSSR count). The van der Waals surface area contributed by atoms with E-state index in [-0.39, 0.29) is 17.6 Å². The van der Waals surface area contributed by atoms with Gasteiger partial charge >= 0.3 is 0 Å². The number of benzene rings is 2. The average Bonchev–Trinajstić information content (AvgIpc) is 2.59. The Hall–Kier alpha value is -2.60. The molecule has 0 radical (unpaired) electrons. The van der Waals surface area contributed by atoms with Gasteiger partial charge in [0.25, 0.3) is 11.6 Å². The molecule has 7 heteroatoms. The number of amides is 1. The van der Waals surface area contributed by atoms with Gasteiger partial charge in [-0.1, -0.05) is 23.7 Å². The Morgan fingerprint density at radius 3 is 2.62 bits per heavy atom. The summed E-state index contributed by atoms with van der Waals surface area (Å²) in [5.41, 5.74) is 0.992. The number of nitrogens with zero attached hydrogens (tertiary/aromatic N) is 2. The first-order chi connectivity index (χ1) is 11.3. The van der Waals surface area contributed by atoms with Gasteiger partial charge in [0.05, 0.1) is 23.6 Å². The quantitative estimate of drug-likeness (QED) is 0.602. The van der Waals surface area contributed by atoms with Gasteiger partial charge in [0.2, 0.25) is 0 Å². The highest BCUT2D eigenvalue weighted by molar-refractivity contribution is 6.31. The molecule has 2 aromatic rings. The fourth-order valence-corrected chi connectivity index (χ4v) is 2.51. The fraction of sp³-hybridized carbons (Fsp3) is 0.235. The Balaban J connectivity index is 2.32. The van der Waals surface area contributed by atoms with Crippen molar-refractivity contribution in [2.45, 2.75) is 13.0 Å². The first kappa shape index (κ1) is 17.7. The van der Waals surface area contributed by atoms with E-state index in [1.807, 2.05) is 0 Å². The number of halogens is 1. The molecule has 0 saturated heterocycles. The smallest absolute Gasteiger partial charge is 0.269 e. The van der Waals surface area contributed by atoms with Crippen molar-refractivity contribution in [3.8, 4) is 5.75 Å². The summed E-state index contributed by atoms with van der Waals surface area (Å²) >= 11 is 5.97. The third-order valence-corrected chi connectivity index (χ3v) is 4.09. The monoisotopic (exact) mass is 348 g/mol. The highest BCUT2D eigenvalue weighted by atomic mass is 35.5. The van der Waals surface area contributed by atoms with E-state index >= 15 is 0 Å². The van der Waals surface area contributed by atoms with Crippen LogP contribution in [0.3, 0.4) is 0 Å². The van der Waals surface area contributed by atoms with E-state index in [0.29, 0.717) is 21.9 Å². The lowest BCUT2D eigenvalue weighted by Crippen LogP contribution is -2.30. The lowest BCUT2D eigenvalue weighted by Gasteiger charge is -2.26. The van der Waals surface area contributed by atoms with Crippen LogP contribution in [0.2, 0.25) is 5.02 Å². The first-order valence-corrected chi connectivity index (χ1v) is 7.58. The standard InChI is InChI=1S/C17H17ClN2O4/c1-11(12-5-4-6-14(9-12)20(22)23)19(2)17(21)15-10-13(18)7-8-16(15)24-3/h4-11H,1-3H3/t11-/m0/s1. The SMILES string of the molecule is COc1ccc(Cl)cc1C(=O)N(C)[C@@H](C)c1cccc([N+](=O)[O-])c1. The number of methoxy groups -OCH3 is 1. The summed E-state index contributed by atoms with van der Waals surface area (Å²) in [5.74, 6) is 0.135. The Bertz CT molecular complexity index is 779. The topological polar surface area (TPSA) is 72.7 Å². The average molecular weight is 349 g/mol. The predicted octanol–water partition coefficient (Wildman–Crippen LogP) is 4.09. The molecule has 2 aromatic carbocycles. The van der Waals surface area contributed by atoms with Gasteiger partial charge < -0.3 is 9.64 Å². The van der Waals surface area contributed by atoms with Crippen molar-refractivity contribution in [1.29, 1.82) is 0 Å². The number of non-ortho nitro benzene ring substituents is 1. The normalized spacial score (nSPS) is 11.7. The van der Waals surface area contributed by atoms with Crippen LogP contribution < -0.4 is 4.74 Å². The molecule has 0 bridgehead atoms. The zero-order valence-electron chi connectivity index (χ0n) is 13.5. The second-order valence-corrected chi connectivity index (χ2v) is 5.73. The third-order valence-electron chi connectivity index (χ3n) is 3.86. The van der Waals surface area contributed by atoms with Crippen molar-refractivity contribution in [3.05, 3.63) is 68.7 Å². The molecule has 6 nitrogen and oxygen atoms in total. The number of carbonyl (C=O) groups is 1. The van der Waals surface area contributed by atoms with Crippen LogP contribution in [0, 0.1) is 10.1 Å². The van der Waals surface area contributed by atoms with E-state index in [4.69, 9.17) is 16.3 Å². The van der Waals surface area contributed by atoms with Gasteiger partial charge in [0.1, 0.15) is 5.75 Å². The van der Waals surface area contributed by atoms with E-state index in [9.17, 15) is 14.9 Å². The summed E-state index contributed by atoms with van der Waals surface area (Å²) in [6, 6.07) is 10.7. The first-order valence-electron chi connectivity index (χ1n) is 7.20. The van der Waals surface area contributed by atoms with Crippen molar-refractivity contribution in [3.63, 3.8) is 0 Å². The molecular formula is C17H17ClN2O4. The largest absolute Gasteiger partial charge is 0.496 e. The van der Waals surface area contributed by atoms with Crippen LogP contribution in [-0.4, -0.2) is 29.9 Å². The maximum atomic E-state index is 12.8. The summed E-state index contributed by atoms with van der Waals surface area (Å²) in [7, 11) is 3.11. The van der Waals surface area contributed by atoms with Crippen LogP contribution in [0.4, 0.5) is 5.69 Å². The van der Waals surface area contributed by atoms with Crippen LogP contribution in [0.25, 0.3) is 0 Å². The molecule has 0 aliphatic heterocycles. The maximum absolute atomic E-state index is 12.8. The number of carbonyl (C=O) groups excluding carboxylic acids is 1. The fourth-order valence-electron chi connectivity index (χ4n) is 2.34. The summed E-state index contributed by atoms with van der Waals surface area (Å²) in [4.78, 5) is 24.7. The van der Waals surface area contributed by atoms with Gasteiger partial charge in [-0.15, -0.1) is 0 Å². The van der Waals surface area contributed by atoms with Gasteiger partial charge in [0, 0.05) is 24.2 Å². The van der Waals surface area contributed by atoms with Crippen molar-refractivity contribution < 1.29 is 14.5 Å². The Labute approximate surface area is 144 Å². The van der Waals surface area contributed by atoms with Crippen LogP contribution in [-0.2, 0) is 0 Å². The number of nitro groups is 1. The summed E-state index contributed by atoms with van der Waals surface area (Å²) in [6.45, 7) is 1.80. The third kappa shape index (κ3) is 3.65. The molecule has 0 heterocycles. The highest BCUT2D eigenvalue weighted by Crippen LogP contribution is 2.28. The van der Waals surface area contributed by atoms with Gasteiger partial charge in [0.15, 0.2) is 0 Å². The summed E-state index contributed by atoms with van der Waals surface area (Å²) in [5, 5.41) is 11.3. The number of nitro benzene ring substituents is 1. The number of rotatable bonds is 5. The Morgan fingerprint density at radius 2 is 2.00 bits per heavy atom.